The van der Waals surface area contributed by atoms with E-state index in [-0.39, 0.29) is 6.61 Å². The van der Waals surface area contributed by atoms with Crippen molar-refractivity contribution in [1.82, 2.24) is 4.90 Å². The lowest BCUT2D eigenvalue weighted by Gasteiger charge is -2.18. The lowest BCUT2D eigenvalue weighted by atomic mass is 10.0. The fourth-order valence-corrected chi connectivity index (χ4v) is 2.25. The first kappa shape index (κ1) is 13.1. The highest BCUT2D eigenvalue weighted by Crippen LogP contribution is 2.19. The first-order chi connectivity index (χ1) is 8.76. The van der Waals surface area contributed by atoms with Crippen LogP contribution < -0.4 is 0 Å². The number of aliphatic hydroxyl groups excluding tert-OH is 1. The van der Waals surface area contributed by atoms with Gasteiger partial charge in [-0.15, -0.1) is 0 Å². The van der Waals surface area contributed by atoms with E-state index >= 15 is 0 Å². The molecule has 0 fully saturated rings. The zero-order valence-electron chi connectivity index (χ0n) is 11.2. The van der Waals surface area contributed by atoms with Crippen molar-refractivity contribution >= 4 is 10.8 Å². The molecule has 0 unspecified atom stereocenters. The van der Waals surface area contributed by atoms with E-state index in [9.17, 15) is 0 Å². The van der Waals surface area contributed by atoms with Crippen LogP contribution in [0.2, 0.25) is 0 Å². The van der Waals surface area contributed by atoms with Crippen molar-refractivity contribution in [2.45, 2.75) is 27.0 Å². The lowest BCUT2D eigenvalue weighted by molar-refractivity contribution is 0.282. The highest BCUT2D eigenvalue weighted by atomic mass is 16.3. The molecule has 2 heteroatoms. The van der Waals surface area contributed by atoms with Gasteiger partial charge in [-0.05, 0) is 47.1 Å². The van der Waals surface area contributed by atoms with Gasteiger partial charge in [-0.25, -0.2) is 0 Å². The molecular weight excluding hydrogens is 222 g/mol. The molecule has 0 aliphatic rings. The van der Waals surface area contributed by atoms with Crippen molar-refractivity contribution in [3.05, 3.63) is 47.5 Å². The summed E-state index contributed by atoms with van der Waals surface area (Å²) in [6.07, 6.45) is 0. The molecular formula is C16H21NO. The molecule has 18 heavy (non-hydrogen) atoms. The minimum Gasteiger partial charge on any atom is -0.392 e. The van der Waals surface area contributed by atoms with Crippen molar-refractivity contribution in [1.29, 1.82) is 0 Å². The SMILES string of the molecule is CCN(CC)Cc1ccc2cc(CO)ccc2c1. The first-order valence-corrected chi connectivity index (χ1v) is 6.61. The topological polar surface area (TPSA) is 23.5 Å². The van der Waals surface area contributed by atoms with E-state index < -0.39 is 0 Å². The second-order valence-corrected chi connectivity index (χ2v) is 4.64. The molecule has 2 aromatic rings. The molecule has 2 rings (SSSR count). The van der Waals surface area contributed by atoms with Crippen LogP contribution in [-0.4, -0.2) is 23.1 Å². The van der Waals surface area contributed by atoms with Crippen LogP contribution in [0.5, 0.6) is 0 Å². The van der Waals surface area contributed by atoms with E-state index in [2.05, 4.69) is 49.1 Å². The Balaban J connectivity index is 2.27. The van der Waals surface area contributed by atoms with Gasteiger partial charge >= 0.3 is 0 Å². The van der Waals surface area contributed by atoms with Crippen LogP contribution in [-0.2, 0) is 13.2 Å². The van der Waals surface area contributed by atoms with E-state index in [1.54, 1.807) is 0 Å². The fourth-order valence-electron chi connectivity index (χ4n) is 2.25. The van der Waals surface area contributed by atoms with Gasteiger partial charge in [0.15, 0.2) is 0 Å². The molecule has 0 saturated heterocycles. The second-order valence-electron chi connectivity index (χ2n) is 4.64. The van der Waals surface area contributed by atoms with Crippen molar-refractivity contribution in [2.24, 2.45) is 0 Å². The van der Waals surface area contributed by atoms with Gasteiger partial charge in [-0.1, -0.05) is 38.1 Å². The van der Waals surface area contributed by atoms with Gasteiger partial charge < -0.3 is 5.11 Å². The van der Waals surface area contributed by atoms with Gasteiger partial charge in [0, 0.05) is 6.54 Å². The number of hydrogen-bond acceptors (Lipinski definition) is 2. The number of benzene rings is 2. The highest BCUT2D eigenvalue weighted by Gasteiger charge is 2.02. The summed E-state index contributed by atoms with van der Waals surface area (Å²) in [5, 5.41) is 11.6. The summed E-state index contributed by atoms with van der Waals surface area (Å²) in [7, 11) is 0. The summed E-state index contributed by atoms with van der Waals surface area (Å²) >= 11 is 0. The van der Waals surface area contributed by atoms with Gasteiger partial charge in [-0.2, -0.15) is 0 Å². The van der Waals surface area contributed by atoms with E-state index in [0.717, 1.165) is 25.2 Å². The summed E-state index contributed by atoms with van der Waals surface area (Å²) in [5.74, 6) is 0. The van der Waals surface area contributed by atoms with E-state index in [1.165, 1.54) is 16.3 Å². The smallest absolute Gasteiger partial charge is 0.0682 e. The molecule has 96 valence electrons. The Morgan fingerprint density at radius 3 is 2.00 bits per heavy atom. The minimum atomic E-state index is 0.108. The Morgan fingerprint density at radius 1 is 0.889 bits per heavy atom. The number of hydrogen-bond donors (Lipinski definition) is 1. The number of rotatable bonds is 5. The molecule has 0 amide bonds. The quantitative estimate of drug-likeness (QED) is 0.872. The van der Waals surface area contributed by atoms with Gasteiger partial charge in [0.2, 0.25) is 0 Å². The summed E-state index contributed by atoms with van der Waals surface area (Å²) in [6.45, 7) is 7.66. The maximum absolute atomic E-state index is 9.13. The van der Waals surface area contributed by atoms with Crippen LogP contribution in [0.1, 0.15) is 25.0 Å². The Morgan fingerprint density at radius 2 is 1.44 bits per heavy atom. The standard InChI is InChI=1S/C16H21NO/c1-3-17(4-2)11-13-5-7-16-10-14(12-18)6-8-15(16)9-13/h5-10,18H,3-4,11-12H2,1-2H3. The summed E-state index contributed by atoms with van der Waals surface area (Å²) < 4.78 is 0. The predicted octanol–water partition coefficient (Wildman–Crippen LogP) is 3.17. The van der Waals surface area contributed by atoms with E-state index in [4.69, 9.17) is 5.11 Å². The third-order valence-electron chi connectivity index (χ3n) is 3.45. The maximum Gasteiger partial charge on any atom is 0.0682 e. The van der Waals surface area contributed by atoms with Gasteiger partial charge in [-0.3, -0.25) is 4.90 Å². The van der Waals surface area contributed by atoms with Gasteiger partial charge in [0.25, 0.3) is 0 Å². The number of fused-ring (bicyclic) bond motifs is 1. The third kappa shape index (κ3) is 2.89. The molecule has 0 bridgehead atoms. The Bertz CT molecular complexity index is 517. The lowest BCUT2D eigenvalue weighted by Crippen LogP contribution is -2.21. The van der Waals surface area contributed by atoms with Crippen molar-refractivity contribution in [3.63, 3.8) is 0 Å². The van der Waals surface area contributed by atoms with Gasteiger partial charge in [0.1, 0.15) is 0 Å². The molecule has 0 radical (unpaired) electrons. The van der Waals surface area contributed by atoms with Crippen molar-refractivity contribution in [2.75, 3.05) is 13.1 Å². The van der Waals surface area contributed by atoms with Crippen LogP contribution in [0.25, 0.3) is 10.8 Å². The van der Waals surface area contributed by atoms with Crippen LogP contribution >= 0.6 is 0 Å². The summed E-state index contributed by atoms with van der Waals surface area (Å²) in [4.78, 5) is 2.41. The average Bonchev–Trinajstić information content (AvgIpc) is 2.44. The normalized spacial score (nSPS) is 11.3. The molecule has 0 spiro atoms. The number of aliphatic hydroxyl groups is 1. The monoisotopic (exact) mass is 243 g/mol. The summed E-state index contributed by atoms with van der Waals surface area (Å²) in [5.41, 5.74) is 2.32. The zero-order chi connectivity index (χ0) is 13.0. The van der Waals surface area contributed by atoms with Crippen LogP contribution in [0.15, 0.2) is 36.4 Å². The Labute approximate surface area is 109 Å². The molecule has 1 N–H and O–H groups in total. The predicted molar refractivity (Wildman–Crippen MR) is 76.5 cm³/mol. The second kappa shape index (κ2) is 5.98. The first-order valence-electron chi connectivity index (χ1n) is 6.61. The number of nitrogens with zero attached hydrogens (tertiary/aromatic N) is 1. The Kier molecular flexibility index (Phi) is 4.34. The molecule has 0 atom stereocenters. The average molecular weight is 243 g/mol. The molecule has 0 aromatic heterocycles. The van der Waals surface area contributed by atoms with Crippen LogP contribution in [0.3, 0.4) is 0 Å². The van der Waals surface area contributed by atoms with Crippen molar-refractivity contribution < 1.29 is 5.11 Å². The maximum atomic E-state index is 9.13. The van der Waals surface area contributed by atoms with Gasteiger partial charge in [0.05, 0.1) is 6.61 Å². The molecule has 0 aliphatic carbocycles. The van der Waals surface area contributed by atoms with E-state index in [0.29, 0.717) is 0 Å². The van der Waals surface area contributed by atoms with Crippen LogP contribution in [0.4, 0.5) is 0 Å². The van der Waals surface area contributed by atoms with E-state index in [1.807, 2.05) is 6.07 Å². The largest absolute Gasteiger partial charge is 0.392 e. The highest BCUT2D eigenvalue weighted by molar-refractivity contribution is 5.83. The summed E-state index contributed by atoms with van der Waals surface area (Å²) in [6, 6.07) is 12.7. The molecule has 2 nitrogen and oxygen atoms in total. The molecule has 0 aliphatic heterocycles. The molecule has 0 saturated carbocycles. The third-order valence-corrected chi connectivity index (χ3v) is 3.45. The minimum absolute atomic E-state index is 0.108. The fraction of sp³-hybridized carbons (Fsp3) is 0.375. The molecule has 2 aromatic carbocycles. The molecule has 0 heterocycles. The van der Waals surface area contributed by atoms with Crippen LogP contribution in [0, 0.1) is 0 Å². The zero-order valence-corrected chi connectivity index (χ0v) is 11.2. The Hall–Kier alpha value is -1.38. The van der Waals surface area contributed by atoms with Crippen molar-refractivity contribution in [3.8, 4) is 0 Å².